The van der Waals surface area contributed by atoms with Crippen molar-refractivity contribution in [2.45, 2.75) is 71.2 Å². The van der Waals surface area contributed by atoms with Crippen molar-refractivity contribution in [1.29, 1.82) is 0 Å². The van der Waals surface area contributed by atoms with E-state index in [0.717, 1.165) is 5.56 Å². The molecule has 194 valence electrons. The molecule has 0 aliphatic carbocycles. The number of rotatable bonds is 14. The molecule has 4 amide bonds. The monoisotopic (exact) mass is 492 g/mol. The summed E-state index contributed by atoms with van der Waals surface area (Å²) >= 11 is 0. The van der Waals surface area contributed by atoms with E-state index in [1.807, 2.05) is 19.9 Å². The molecular formula is C24H36N4O7. The van der Waals surface area contributed by atoms with Gasteiger partial charge in [-0.1, -0.05) is 44.2 Å². The van der Waals surface area contributed by atoms with Crippen LogP contribution in [0.1, 0.15) is 46.1 Å². The minimum absolute atomic E-state index is 0.0430. The summed E-state index contributed by atoms with van der Waals surface area (Å²) in [5.41, 5.74) is 0.786. The van der Waals surface area contributed by atoms with Crippen LogP contribution in [0.4, 0.5) is 0 Å². The first-order valence-corrected chi connectivity index (χ1v) is 11.5. The lowest BCUT2D eigenvalue weighted by Crippen LogP contribution is -2.53. The summed E-state index contributed by atoms with van der Waals surface area (Å²) in [6, 6.07) is 5.88. The zero-order chi connectivity index (χ0) is 26.5. The number of aliphatic carboxylic acids is 1. The van der Waals surface area contributed by atoms with Gasteiger partial charge in [-0.3, -0.25) is 19.2 Å². The number of amides is 4. The van der Waals surface area contributed by atoms with E-state index < -0.39 is 60.4 Å². The van der Waals surface area contributed by atoms with Gasteiger partial charge in [0.1, 0.15) is 18.1 Å². The Labute approximate surface area is 205 Å². The molecule has 0 aliphatic heterocycles. The van der Waals surface area contributed by atoms with Crippen molar-refractivity contribution >= 4 is 29.6 Å². The summed E-state index contributed by atoms with van der Waals surface area (Å²) in [6.45, 7) is 6.05. The third-order valence-electron chi connectivity index (χ3n) is 4.93. The van der Waals surface area contributed by atoms with Crippen LogP contribution in [0, 0.1) is 5.92 Å². The second-order valence-electron chi connectivity index (χ2n) is 8.90. The average Bonchev–Trinajstić information content (AvgIpc) is 2.76. The Balaban J connectivity index is 2.67. The molecule has 1 aromatic rings. The van der Waals surface area contributed by atoms with Crippen molar-refractivity contribution in [2.75, 3.05) is 6.54 Å². The minimum atomic E-state index is -1.17. The smallest absolute Gasteiger partial charge is 0.326 e. The van der Waals surface area contributed by atoms with Crippen molar-refractivity contribution in [3.05, 3.63) is 35.9 Å². The molecular weight excluding hydrogens is 456 g/mol. The van der Waals surface area contributed by atoms with Crippen LogP contribution >= 0.6 is 0 Å². The van der Waals surface area contributed by atoms with E-state index in [-0.39, 0.29) is 25.2 Å². The first-order valence-electron chi connectivity index (χ1n) is 11.5. The Kier molecular flexibility index (Phi) is 12.4. The zero-order valence-electron chi connectivity index (χ0n) is 20.5. The highest BCUT2D eigenvalue weighted by Gasteiger charge is 2.26. The van der Waals surface area contributed by atoms with Crippen molar-refractivity contribution in [3.8, 4) is 0 Å². The standard InChI is InChI=1S/C24H36N4O7/c1-14(2)10-19(24(34)35)28-22(32)16(4)26-21(31)13-25-23(33)18(27-20(30)11-15(3)29)12-17-8-6-5-7-9-17/h5-9,14-16,18-19,29H,10-13H2,1-4H3,(H,25,33)(H,26,31)(H,27,30)(H,28,32)(H,34,35). The molecule has 0 heterocycles. The Morgan fingerprint density at radius 3 is 2.00 bits per heavy atom. The number of carbonyl (C=O) groups excluding carboxylic acids is 4. The highest BCUT2D eigenvalue weighted by Crippen LogP contribution is 2.06. The summed E-state index contributed by atoms with van der Waals surface area (Å²) in [4.78, 5) is 60.7. The molecule has 11 nitrogen and oxygen atoms in total. The van der Waals surface area contributed by atoms with E-state index >= 15 is 0 Å². The Morgan fingerprint density at radius 1 is 0.829 bits per heavy atom. The van der Waals surface area contributed by atoms with Crippen LogP contribution in [0.3, 0.4) is 0 Å². The molecule has 6 N–H and O–H groups in total. The lowest BCUT2D eigenvalue weighted by molar-refractivity contribution is -0.142. The lowest BCUT2D eigenvalue weighted by atomic mass is 10.0. The van der Waals surface area contributed by atoms with Crippen molar-refractivity contribution < 1.29 is 34.2 Å². The predicted octanol–water partition coefficient (Wildman–Crippen LogP) is -0.279. The molecule has 0 aromatic heterocycles. The number of nitrogens with one attached hydrogen (secondary N) is 4. The molecule has 0 bridgehead atoms. The van der Waals surface area contributed by atoms with Gasteiger partial charge in [0, 0.05) is 6.42 Å². The average molecular weight is 493 g/mol. The van der Waals surface area contributed by atoms with Crippen molar-refractivity contribution in [3.63, 3.8) is 0 Å². The zero-order valence-corrected chi connectivity index (χ0v) is 20.5. The van der Waals surface area contributed by atoms with Gasteiger partial charge < -0.3 is 31.5 Å². The van der Waals surface area contributed by atoms with Gasteiger partial charge in [-0.2, -0.15) is 0 Å². The van der Waals surface area contributed by atoms with Gasteiger partial charge in [0.15, 0.2) is 0 Å². The number of benzene rings is 1. The number of carbonyl (C=O) groups is 5. The molecule has 0 saturated carbocycles. The highest BCUT2D eigenvalue weighted by atomic mass is 16.4. The van der Waals surface area contributed by atoms with Crippen molar-refractivity contribution in [2.24, 2.45) is 5.92 Å². The van der Waals surface area contributed by atoms with Crippen LogP contribution in [0.25, 0.3) is 0 Å². The van der Waals surface area contributed by atoms with Gasteiger partial charge >= 0.3 is 5.97 Å². The molecule has 11 heteroatoms. The molecule has 0 saturated heterocycles. The summed E-state index contributed by atoms with van der Waals surface area (Å²) < 4.78 is 0. The summed E-state index contributed by atoms with van der Waals surface area (Å²) in [5, 5.41) is 28.5. The van der Waals surface area contributed by atoms with Gasteiger partial charge in [0.25, 0.3) is 0 Å². The molecule has 35 heavy (non-hydrogen) atoms. The normalized spacial score (nSPS) is 14.2. The Bertz CT molecular complexity index is 874. The van der Waals surface area contributed by atoms with E-state index in [1.165, 1.54) is 13.8 Å². The van der Waals surface area contributed by atoms with E-state index in [9.17, 15) is 34.2 Å². The van der Waals surface area contributed by atoms with Crippen molar-refractivity contribution in [1.82, 2.24) is 21.3 Å². The van der Waals surface area contributed by atoms with Crippen LogP contribution < -0.4 is 21.3 Å². The molecule has 1 aromatic carbocycles. The number of carboxylic acids is 1. The maximum Gasteiger partial charge on any atom is 0.326 e. The maximum atomic E-state index is 12.7. The topological polar surface area (TPSA) is 174 Å². The van der Waals surface area contributed by atoms with E-state index in [0.29, 0.717) is 0 Å². The fourth-order valence-corrected chi connectivity index (χ4v) is 3.22. The molecule has 0 spiro atoms. The SMILES string of the molecule is CC(C)CC(NC(=O)C(C)NC(=O)CNC(=O)C(Cc1ccccc1)NC(=O)CC(C)O)C(=O)O. The third kappa shape index (κ3) is 12.0. The summed E-state index contributed by atoms with van der Waals surface area (Å²) in [6.07, 6.45) is -0.651. The lowest BCUT2D eigenvalue weighted by Gasteiger charge is -2.21. The summed E-state index contributed by atoms with van der Waals surface area (Å²) in [7, 11) is 0. The van der Waals surface area contributed by atoms with Crippen LogP contribution in [0.5, 0.6) is 0 Å². The first kappa shape index (κ1) is 29.6. The minimum Gasteiger partial charge on any atom is -0.480 e. The summed E-state index contributed by atoms with van der Waals surface area (Å²) in [5.74, 6) is -3.57. The third-order valence-corrected chi connectivity index (χ3v) is 4.93. The van der Waals surface area contributed by atoms with Crippen LogP contribution in [0.2, 0.25) is 0 Å². The van der Waals surface area contributed by atoms with Crippen LogP contribution in [-0.4, -0.2) is 70.6 Å². The molecule has 4 atom stereocenters. The molecule has 1 rings (SSSR count). The number of hydrogen-bond donors (Lipinski definition) is 6. The Hall–Kier alpha value is -3.47. The predicted molar refractivity (Wildman–Crippen MR) is 128 cm³/mol. The highest BCUT2D eigenvalue weighted by molar-refractivity contribution is 5.93. The van der Waals surface area contributed by atoms with Gasteiger partial charge in [-0.25, -0.2) is 4.79 Å². The second kappa shape index (κ2) is 14.7. The number of aliphatic hydroxyl groups excluding tert-OH is 1. The van der Waals surface area contributed by atoms with Gasteiger partial charge in [-0.15, -0.1) is 0 Å². The largest absolute Gasteiger partial charge is 0.480 e. The number of hydrogen-bond acceptors (Lipinski definition) is 6. The van der Waals surface area contributed by atoms with E-state index in [1.54, 1.807) is 24.3 Å². The van der Waals surface area contributed by atoms with Gasteiger partial charge in [0.2, 0.25) is 23.6 Å². The first-order chi connectivity index (χ1) is 16.4. The van der Waals surface area contributed by atoms with Crippen LogP contribution in [-0.2, 0) is 30.4 Å². The van der Waals surface area contributed by atoms with E-state index in [2.05, 4.69) is 21.3 Å². The molecule has 4 unspecified atom stereocenters. The quantitative estimate of drug-likeness (QED) is 0.207. The number of carboxylic acid groups (broad SMARTS) is 1. The molecule has 0 radical (unpaired) electrons. The van der Waals surface area contributed by atoms with Gasteiger partial charge in [0.05, 0.1) is 19.1 Å². The maximum absolute atomic E-state index is 12.7. The fraction of sp³-hybridized carbons (Fsp3) is 0.542. The van der Waals surface area contributed by atoms with E-state index in [4.69, 9.17) is 0 Å². The molecule has 0 aliphatic rings. The number of aliphatic hydroxyl groups is 1. The Morgan fingerprint density at radius 2 is 1.46 bits per heavy atom. The van der Waals surface area contributed by atoms with Crippen LogP contribution in [0.15, 0.2) is 30.3 Å². The van der Waals surface area contributed by atoms with Gasteiger partial charge in [-0.05, 0) is 31.7 Å². The molecule has 0 fully saturated rings. The fourth-order valence-electron chi connectivity index (χ4n) is 3.22. The second-order valence-corrected chi connectivity index (χ2v) is 8.90.